The normalized spacial score (nSPS) is 23.5. The molecule has 4 atom stereocenters. The van der Waals surface area contributed by atoms with Crippen LogP contribution < -0.4 is 5.32 Å². The van der Waals surface area contributed by atoms with Gasteiger partial charge >= 0.3 is 6.09 Å². The van der Waals surface area contributed by atoms with E-state index in [0.717, 1.165) is 19.3 Å². The predicted octanol–water partition coefficient (Wildman–Crippen LogP) is 5.19. The van der Waals surface area contributed by atoms with Gasteiger partial charge in [-0.2, -0.15) is 9.57 Å². The molecule has 2 aromatic rings. The van der Waals surface area contributed by atoms with Gasteiger partial charge in [0.1, 0.15) is 23.5 Å². The number of hydrogen-bond acceptors (Lipinski definition) is 8. The molecule has 232 valence electrons. The third-order valence-electron chi connectivity index (χ3n) is 8.24. The molecule has 2 aliphatic heterocycles. The summed E-state index contributed by atoms with van der Waals surface area (Å²) in [6, 6.07) is 11.6. The zero-order valence-corrected chi connectivity index (χ0v) is 25.5. The topological polar surface area (TPSA) is 135 Å². The minimum Gasteiger partial charge on any atom is -0.444 e. The van der Waals surface area contributed by atoms with Crippen molar-refractivity contribution in [3.8, 4) is 17.2 Å². The van der Waals surface area contributed by atoms with Crippen molar-refractivity contribution in [1.29, 1.82) is 5.26 Å². The Morgan fingerprint density at radius 2 is 1.81 bits per heavy atom. The molecule has 2 aromatic carbocycles. The van der Waals surface area contributed by atoms with Gasteiger partial charge in [0.15, 0.2) is 0 Å². The summed E-state index contributed by atoms with van der Waals surface area (Å²) in [5.41, 5.74) is 0.844. The molecule has 5 rings (SSSR count). The summed E-state index contributed by atoms with van der Waals surface area (Å²) in [7, 11) is -3.14. The second-order valence-corrected chi connectivity index (χ2v) is 14.4. The van der Waals surface area contributed by atoms with E-state index in [4.69, 9.17) is 9.47 Å². The van der Waals surface area contributed by atoms with E-state index >= 15 is 4.39 Å². The van der Waals surface area contributed by atoms with Gasteiger partial charge in [-0.3, -0.25) is 18.8 Å². The van der Waals surface area contributed by atoms with Crippen molar-refractivity contribution in [3.05, 3.63) is 53.8 Å². The predicted molar refractivity (Wildman–Crippen MR) is 160 cm³/mol. The number of fused-ring (bicyclic) bond motifs is 2. The summed E-state index contributed by atoms with van der Waals surface area (Å²) in [4.78, 5) is 28.2. The number of carbonyl (C=O) groups excluding carboxylic acids is 2. The highest BCUT2D eigenvalue weighted by atomic mass is 32.3. The summed E-state index contributed by atoms with van der Waals surface area (Å²) in [5.74, 6) is -0.953. The molecule has 2 heterocycles. The van der Waals surface area contributed by atoms with Gasteiger partial charge in [0.05, 0.1) is 24.2 Å². The first kappa shape index (κ1) is 31.2. The van der Waals surface area contributed by atoms with E-state index in [1.54, 1.807) is 61.5 Å². The molecule has 0 radical (unpaired) electrons. The number of rotatable bonds is 7. The molecule has 12 heteroatoms. The molecule has 2 bridgehead atoms. The molecule has 0 aromatic heterocycles. The molecule has 3 fully saturated rings. The third kappa shape index (κ3) is 6.81. The number of ether oxygens (including phenoxy) is 2. The first-order valence-corrected chi connectivity index (χ1v) is 16.1. The first-order chi connectivity index (χ1) is 20.4. The average molecular weight is 615 g/mol. The molecule has 10 nitrogen and oxygen atoms in total. The second kappa shape index (κ2) is 12.4. The number of carbonyl (C=O) groups is 2. The van der Waals surface area contributed by atoms with Crippen LogP contribution in [0.5, 0.6) is 0 Å². The Bertz CT molecular complexity index is 1390. The monoisotopic (exact) mass is 614 g/mol. The van der Waals surface area contributed by atoms with Crippen molar-refractivity contribution < 1.29 is 32.6 Å². The number of halogens is 1. The van der Waals surface area contributed by atoms with E-state index in [-0.39, 0.29) is 23.9 Å². The number of nitrogens with one attached hydrogen (secondary N) is 1. The average Bonchev–Trinajstić information content (AvgIpc) is 3.60. The number of benzene rings is 2. The summed E-state index contributed by atoms with van der Waals surface area (Å²) in [6.45, 7) is 7.03. The maximum Gasteiger partial charge on any atom is 0.411 e. The highest BCUT2D eigenvalue weighted by molar-refractivity contribution is 8.22. The Balaban J connectivity index is 1.24. The number of nitrogens with zero attached hydrogens (tertiary/aromatic N) is 3. The largest absolute Gasteiger partial charge is 0.444 e. The Kier molecular flexibility index (Phi) is 9.02. The third-order valence-corrected chi connectivity index (χ3v) is 10.2. The van der Waals surface area contributed by atoms with Gasteiger partial charge in [-0.1, -0.05) is 24.3 Å². The lowest BCUT2D eigenvalue weighted by molar-refractivity contribution is -0.128. The Morgan fingerprint density at radius 1 is 1.14 bits per heavy atom. The Hall–Kier alpha value is -3.21. The lowest BCUT2D eigenvalue weighted by atomic mass is 9.97. The van der Waals surface area contributed by atoms with Gasteiger partial charge in [-0.15, -0.1) is 10.8 Å². The van der Waals surface area contributed by atoms with Crippen LogP contribution in [0.15, 0.2) is 47.4 Å². The summed E-state index contributed by atoms with van der Waals surface area (Å²) < 4.78 is 49.3. The van der Waals surface area contributed by atoms with E-state index < -0.39 is 46.3 Å². The van der Waals surface area contributed by atoms with E-state index in [1.807, 2.05) is 0 Å². The minimum atomic E-state index is -3.14. The van der Waals surface area contributed by atoms with Gasteiger partial charge in [0.2, 0.25) is 5.91 Å². The first-order valence-electron chi connectivity index (χ1n) is 14.6. The van der Waals surface area contributed by atoms with E-state index in [0.29, 0.717) is 42.3 Å². The van der Waals surface area contributed by atoms with Gasteiger partial charge in [-0.25, -0.2) is 9.18 Å². The smallest absolute Gasteiger partial charge is 0.411 e. The van der Waals surface area contributed by atoms with Crippen LogP contribution in [-0.2, 0) is 20.7 Å². The molecule has 2 amide bonds. The summed E-state index contributed by atoms with van der Waals surface area (Å²) in [6.07, 6.45) is 1.78. The maximum absolute atomic E-state index is 15.2. The highest BCUT2D eigenvalue weighted by Gasteiger charge is 2.52. The van der Waals surface area contributed by atoms with Crippen molar-refractivity contribution in [2.75, 3.05) is 26.3 Å². The van der Waals surface area contributed by atoms with Gasteiger partial charge in [-0.05, 0) is 80.8 Å². The molecular weight excluding hydrogens is 575 g/mol. The van der Waals surface area contributed by atoms with E-state index in [2.05, 4.69) is 11.4 Å². The van der Waals surface area contributed by atoms with Crippen LogP contribution in [0.4, 0.5) is 9.18 Å². The fraction of sp³-hybridized carbons (Fsp3) is 0.516. The van der Waals surface area contributed by atoms with E-state index in [1.165, 1.54) is 11.0 Å². The van der Waals surface area contributed by atoms with Crippen molar-refractivity contribution in [3.63, 3.8) is 0 Å². The summed E-state index contributed by atoms with van der Waals surface area (Å²) in [5, 5.41) is 12.5. The standard InChI is InChI=1S/C31H39FN4O6S/c1-31(2,3)42-30(38)36-25-9-6-23(17-25)28(36)29(37)34-24(19-33)16-22-5-4-21(18-27(22)32)20-7-10-26(11-8-20)43(39,40)35-12-14-41-15-13-35/h4-5,7-8,10-11,18,23-25,28,39-40H,6,9,12-17H2,1-3H3,(H,34,37). The minimum absolute atomic E-state index is 0.00318. The van der Waals surface area contributed by atoms with Crippen LogP contribution in [0.3, 0.4) is 0 Å². The lowest BCUT2D eigenvalue weighted by Crippen LogP contribution is -2.55. The molecule has 2 saturated heterocycles. The maximum atomic E-state index is 15.2. The molecular formula is C31H39FN4O6S. The van der Waals surface area contributed by atoms with Crippen molar-refractivity contribution in [1.82, 2.24) is 14.5 Å². The molecule has 43 heavy (non-hydrogen) atoms. The summed E-state index contributed by atoms with van der Waals surface area (Å²) >= 11 is 0. The van der Waals surface area contributed by atoms with Crippen LogP contribution in [0, 0.1) is 23.1 Å². The van der Waals surface area contributed by atoms with Crippen LogP contribution in [0.2, 0.25) is 0 Å². The molecule has 4 unspecified atom stereocenters. The number of nitriles is 1. The number of morpholine rings is 1. The second-order valence-electron chi connectivity index (χ2n) is 12.3. The highest BCUT2D eigenvalue weighted by Crippen LogP contribution is 2.51. The molecule has 1 aliphatic carbocycles. The van der Waals surface area contributed by atoms with Crippen LogP contribution in [0.1, 0.15) is 45.6 Å². The van der Waals surface area contributed by atoms with Crippen molar-refractivity contribution in [2.45, 2.75) is 75.1 Å². The molecule has 3 aliphatic rings. The van der Waals surface area contributed by atoms with Gasteiger partial charge < -0.3 is 14.8 Å². The number of piperidine rings is 1. The quantitative estimate of drug-likeness (QED) is 0.388. The van der Waals surface area contributed by atoms with Crippen molar-refractivity contribution in [2.24, 2.45) is 5.92 Å². The number of hydrogen-bond donors (Lipinski definition) is 3. The Morgan fingerprint density at radius 3 is 2.44 bits per heavy atom. The van der Waals surface area contributed by atoms with Crippen molar-refractivity contribution >= 4 is 22.8 Å². The fourth-order valence-corrected chi connectivity index (χ4v) is 7.64. The zero-order chi connectivity index (χ0) is 30.9. The fourth-order valence-electron chi connectivity index (χ4n) is 6.18. The van der Waals surface area contributed by atoms with Gasteiger partial charge in [0.25, 0.3) is 0 Å². The van der Waals surface area contributed by atoms with Gasteiger partial charge in [0, 0.05) is 25.6 Å². The number of likely N-dealkylation sites (tertiary alicyclic amines) is 1. The van der Waals surface area contributed by atoms with Crippen LogP contribution in [0.25, 0.3) is 11.1 Å². The van der Waals surface area contributed by atoms with Crippen LogP contribution in [-0.4, -0.2) is 80.3 Å². The SMILES string of the molecule is CC(C)(C)OC(=O)N1C2CCC(C2)C1C(=O)NC(C#N)Cc1ccc(-c2ccc(S(O)(O)N3CCOCC3)cc2)cc1F. The van der Waals surface area contributed by atoms with E-state index in [9.17, 15) is 24.0 Å². The van der Waals surface area contributed by atoms with Crippen LogP contribution >= 0.6 is 10.8 Å². The lowest BCUT2D eigenvalue weighted by Gasteiger charge is -2.44. The molecule has 3 N–H and O–H groups in total. The Labute approximate surface area is 253 Å². The number of amides is 2. The molecule has 0 spiro atoms. The zero-order valence-electron chi connectivity index (χ0n) is 24.7. The molecule has 1 saturated carbocycles.